The molecule has 0 unspecified atom stereocenters. The summed E-state index contributed by atoms with van der Waals surface area (Å²) in [5, 5.41) is 0. The smallest absolute Gasteiger partial charge is 0.244 e. The van der Waals surface area contributed by atoms with Crippen LogP contribution in [0.4, 0.5) is 5.69 Å². The fraction of sp³-hybridized carbons (Fsp3) is 0.345. The van der Waals surface area contributed by atoms with Crippen molar-refractivity contribution in [3.63, 3.8) is 0 Å². The maximum absolute atomic E-state index is 13.8. The Labute approximate surface area is 220 Å². The van der Waals surface area contributed by atoms with Crippen LogP contribution in [0, 0.1) is 13.8 Å². The second-order valence-corrected chi connectivity index (χ2v) is 11.9. The Morgan fingerprint density at radius 3 is 2.19 bits per heavy atom. The average molecular weight is 519 g/mol. The van der Waals surface area contributed by atoms with Gasteiger partial charge in [0.25, 0.3) is 0 Å². The van der Waals surface area contributed by atoms with Crippen LogP contribution in [0.25, 0.3) is 0 Å². The summed E-state index contributed by atoms with van der Waals surface area (Å²) in [6.07, 6.45) is 0. The van der Waals surface area contributed by atoms with Crippen molar-refractivity contribution in [3.8, 4) is 0 Å². The zero-order valence-corrected chi connectivity index (χ0v) is 22.3. The maximum Gasteiger partial charge on any atom is 0.244 e. The highest BCUT2D eigenvalue weighted by molar-refractivity contribution is 7.89. The first-order valence-electron chi connectivity index (χ1n) is 12.8. The number of piperazine rings is 1. The molecule has 0 aliphatic carbocycles. The minimum absolute atomic E-state index is 0.00214. The second kappa shape index (κ2) is 10.7. The Morgan fingerprint density at radius 1 is 0.865 bits per heavy atom. The van der Waals surface area contributed by atoms with Crippen LogP contribution in [0.3, 0.4) is 0 Å². The molecule has 0 N–H and O–H groups in total. The molecule has 1 amide bonds. The van der Waals surface area contributed by atoms with Crippen molar-refractivity contribution in [2.45, 2.75) is 31.3 Å². The number of carbonyl (C=O) groups excluding carboxylic acids is 1. The fourth-order valence-corrected chi connectivity index (χ4v) is 6.67. The van der Waals surface area contributed by atoms with E-state index in [0.29, 0.717) is 19.6 Å². The topological polar surface area (TPSA) is 64.2 Å². The molecule has 0 radical (unpaired) electrons. The summed E-state index contributed by atoms with van der Waals surface area (Å²) in [6, 6.07) is 24.3. The van der Waals surface area contributed by atoms with Crippen LogP contribution in [0.2, 0.25) is 0 Å². The van der Waals surface area contributed by atoms with Gasteiger partial charge in [0, 0.05) is 45.0 Å². The fourth-order valence-electron chi connectivity index (χ4n) is 5.23. The number of carbonyl (C=O) groups is 1. The number of benzene rings is 3. The van der Waals surface area contributed by atoms with E-state index in [1.165, 1.54) is 21.1 Å². The molecule has 0 aromatic heterocycles. The van der Waals surface area contributed by atoms with Crippen LogP contribution in [0.1, 0.15) is 16.7 Å². The van der Waals surface area contributed by atoms with Crippen molar-refractivity contribution >= 4 is 21.6 Å². The molecule has 7 nitrogen and oxygen atoms in total. The Kier molecular flexibility index (Phi) is 7.33. The van der Waals surface area contributed by atoms with E-state index in [2.05, 4.69) is 36.9 Å². The number of anilines is 1. The Balaban J connectivity index is 1.33. The molecule has 2 heterocycles. The molecule has 1 atom stereocenters. The maximum atomic E-state index is 13.8. The van der Waals surface area contributed by atoms with Gasteiger partial charge in [0.15, 0.2) is 0 Å². The van der Waals surface area contributed by atoms with Crippen molar-refractivity contribution in [1.29, 1.82) is 0 Å². The van der Waals surface area contributed by atoms with Crippen LogP contribution >= 0.6 is 0 Å². The van der Waals surface area contributed by atoms with E-state index in [0.717, 1.165) is 18.7 Å². The van der Waals surface area contributed by atoms with Gasteiger partial charge >= 0.3 is 0 Å². The molecule has 194 valence electrons. The summed E-state index contributed by atoms with van der Waals surface area (Å²) in [6.45, 7) is 7.82. The lowest BCUT2D eigenvalue weighted by Crippen LogP contribution is -2.54. The van der Waals surface area contributed by atoms with E-state index in [1.54, 1.807) is 30.3 Å². The number of amides is 1. The zero-order chi connectivity index (χ0) is 26.0. The van der Waals surface area contributed by atoms with Crippen molar-refractivity contribution in [2.24, 2.45) is 0 Å². The van der Waals surface area contributed by atoms with E-state index in [1.807, 2.05) is 40.1 Å². The molecule has 0 saturated carbocycles. The van der Waals surface area contributed by atoms with Crippen LogP contribution in [-0.4, -0.2) is 73.9 Å². The molecule has 37 heavy (non-hydrogen) atoms. The van der Waals surface area contributed by atoms with E-state index in [9.17, 15) is 13.2 Å². The van der Waals surface area contributed by atoms with Gasteiger partial charge in [0.2, 0.25) is 15.9 Å². The number of hydrogen-bond donors (Lipinski definition) is 0. The molecule has 2 fully saturated rings. The molecule has 2 aliphatic rings. The van der Waals surface area contributed by atoms with Gasteiger partial charge in [0.1, 0.15) is 6.04 Å². The minimum atomic E-state index is -3.70. The van der Waals surface area contributed by atoms with Gasteiger partial charge in [-0.25, -0.2) is 8.42 Å². The van der Waals surface area contributed by atoms with Crippen LogP contribution < -0.4 is 4.90 Å². The van der Waals surface area contributed by atoms with Crippen molar-refractivity contribution in [3.05, 3.63) is 95.6 Å². The lowest BCUT2D eigenvalue weighted by molar-refractivity contribution is -0.136. The van der Waals surface area contributed by atoms with Crippen LogP contribution in [0.5, 0.6) is 0 Å². The molecule has 5 rings (SSSR count). The standard InChI is InChI=1S/C29H34N4O3S/c1-23-13-14-24(2)27(19-23)30-15-17-31(18-16-30)29(34)28-21-33(37(35,36)26-11-7-4-8-12-26)22-32(28)20-25-9-5-3-6-10-25/h3-14,19,28H,15-18,20-22H2,1-2H3/t28-/m0/s1. The molecule has 0 bridgehead atoms. The van der Waals surface area contributed by atoms with Gasteiger partial charge in [0.05, 0.1) is 11.6 Å². The summed E-state index contributed by atoms with van der Waals surface area (Å²) < 4.78 is 28.3. The number of hydrogen-bond acceptors (Lipinski definition) is 5. The quantitative estimate of drug-likeness (QED) is 0.500. The first-order chi connectivity index (χ1) is 17.8. The summed E-state index contributed by atoms with van der Waals surface area (Å²) >= 11 is 0. The third-order valence-electron chi connectivity index (χ3n) is 7.35. The van der Waals surface area contributed by atoms with Gasteiger partial charge in [-0.3, -0.25) is 9.69 Å². The van der Waals surface area contributed by atoms with E-state index in [4.69, 9.17) is 0 Å². The van der Waals surface area contributed by atoms with E-state index in [-0.39, 0.29) is 24.0 Å². The highest BCUT2D eigenvalue weighted by Crippen LogP contribution is 2.27. The lowest BCUT2D eigenvalue weighted by Gasteiger charge is -2.38. The summed E-state index contributed by atoms with van der Waals surface area (Å²) in [5.74, 6) is 0.00214. The third kappa shape index (κ3) is 5.42. The first kappa shape index (κ1) is 25.4. The van der Waals surface area contributed by atoms with Gasteiger partial charge < -0.3 is 9.80 Å². The minimum Gasteiger partial charge on any atom is -0.368 e. The highest BCUT2D eigenvalue weighted by Gasteiger charge is 2.43. The van der Waals surface area contributed by atoms with Gasteiger partial charge in [-0.2, -0.15) is 4.31 Å². The number of nitrogens with zero attached hydrogens (tertiary/aromatic N) is 4. The molecular weight excluding hydrogens is 484 g/mol. The third-order valence-corrected chi connectivity index (χ3v) is 9.16. The van der Waals surface area contributed by atoms with Gasteiger partial charge in [-0.1, -0.05) is 60.7 Å². The SMILES string of the molecule is Cc1ccc(C)c(N2CCN(C(=O)[C@@H]3CN(S(=O)(=O)c4ccccc4)CN3Cc3ccccc3)CC2)c1. The van der Waals surface area contributed by atoms with Crippen LogP contribution in [-0.2, 0) is 21.4 Å². The van der Waals surface area contributed by atoms with Gasteiger partial charge in [-0.05, 0) is 48.7 Å². The second-order valence-electron chi connectivity index (χ2n) is 9.94. The molecule has 3 aromatic rings. The van der Waals surface area contributed by atoms with E-state index >= 15 is 0 Å². The number of rotatable bonds is 6. The summed E-state index contributed by atoms with van der Waals surface area (Å²) in [5.41, 5.74) is 4.73. The normalized spacial score (nSPS) is 19.4. The lowest BCUT2D eigenvalue weighted by atomic mass is 10.1. The molecule has 2 aliphatic heterocycles. The highest BCUT2D eigenvalue weighted by atomic mass is 32.2. The average Bonchev–Trinajstić information content (AvgIpc) is 3.35. The first-order valence-corrected chi connectivity index (χ1v) is 14.2. The predicted molar refractivity (Wildman–Crippen MR) is 146 cm³/mol. The summed E-state index contributed by atoms with van der Waals surface area (Å²) in [7, 11) is -3.70. The Morgan fingerprint density at radius 2 is 1.51 bits per heavy atom. The number of aryl methyl sites for hydroxylation is 2. The van der Waals surface area contributed by atoms with Crippen molar-refractivity contribution in [2.75, 3.05) is 44.3 Å². The largest absolute Gasteiger partial charge is 0.368 e. The zero-order valence-electron chi connectivity index (χ0n) is 21.5. The van der Waals surface area contributed by atoms with Crippen molar-refractivity contribution in [1.82, 2.24) is 14.1 Å². The van der Waals surface area contributed by atoms with Crippen molar-refractivity contribution < 1.29 is 13.2 Å². The monoisotopic (exact) mass is 518 g/mol. The number of sulfonamides is 1. The van der Waals surface area contributed by atoms with Crippen LogP contribution in [0.15, 0.2) is 83.8 Å². The predicted octanol–water partition coefficient (Wildman–Crippen LogP) is 3.48. The molecule has 8 heteroatoms. The molecular formula is C29H34N4O3S. The van der Waals surface area contributed by atoms with Gasteiger partial charge in [-0.15, -0.1) is 0 Å². The van der Waals surface area contributed by atoms with E-state index < -0.39 is 16.1 Å². The Bertz CT molecular complexity index is 1340. The summed E-state index contributed by atoms with van der Waals surface area (Å²) in [4.78, 5) is 20.3. The molecule has 3 aromatic carbocycles. The molecule has 2 saturated heterocycles. The Hall–Kier alpha value is -3.20. The molecule has 0 spiro atoms.